The number of para-hydroxylation sites is 2. The number of ether oxygens (including phenoxy) is 3. The maximum Gasteiger partial charge on any atom is 0.227 e. The topological polar surface area (TPSA) is 48.0 Å². The molecule has 1 amide bonds. The Labute approximate surface area is 141 Å². The zero-order valence-corrected chi connectivity index (χ0v) is 13.7. The lowest BCUT2D eigenvalue weighted by atomic mass is 10.2. The van der Waals surface area contributed by atoms with E-state index in [1.807, 2.05) is 48.5 Å². The molecular weight excluding hydrogens is 306 g/mol. The van der Waals surface area contributed by atoms with Crippen molar-refractivity contribution < 1.29 is 19.0 Å². The number of fused-ring (bicyclic) bond motifs is 1. The number of rotatable bonds is 6. The molecule has 0 spiro atoms. The molecule has 2 aromatic rings. The van der Waals surface area contributed by atoms with Gasteiger partial charge in [0.2, 0.25) is 5.91 Å². The summed E-state index contributed by atoms with van der Waals surface area (Å²) in [5.74, 6) is 2.44. The second-order valence-corrected chi connectivity index (χ2v) is 5.49. The van der Waals surface area contributed by atoms with Gasteiger partial charge in [0.05, 0.1) is 25.9 Å². The maximum absolute atomic E-state index is 12.5. The van der Waals surface area contributed by atoms with Crippen LogP contribution in [0.1, 0.15) is 12.8 Å². The quantitative estimate of drug-likeness (QED) is 0.764. The van der Waals surface area contributed by atoms with E-state index in [0.717, 1.165) is 22.9 Å². The normalized spacial score (nSPS) is 13.0. The molecule has 126 valence electrons. The van der Waals surface area contributed by atoms with Crippen LogP contribution < -0.4 is 19.1 Å². The summed E-state index contributed by atoms with van der Waals surface area (Å²) in [4.78, 5) is 14.3. The summed E-state index contributed by atoms with van der Waals surface area (Å²) in [5, 5.41) is 0. The number of hydrogen-bond acceptors (Lipinski definition) is 4. The Balaban J connectivity index is 1.48. The van der Waals surface area contributed by atoms with Gasteiger partial charge in [0, 0.05) is 6.42 Å². The van der Waals surface area contributed by atoms with E-state index >= 15 is 0 Å². The van der Waals surface area contributed by atoms with Crippen LogP contribution in [0.2, 0.25) is 0 Å². The van der Waals surface area contributed by atoms with Gasteiger partial charge in [-0.25, -0.2) is 0 Å². The Kier molecular flexibility index (Phi) is 5.21. The lowest BCUT2D eigenvalue weighted by Crippen LogP contribution is -2.37. The summed E-state index contributed by atoms with van der Waals surface area (Å²) in [7, 11) is 1.63. The highest BCUT2D eigenvalue weighted by Gasteiger charge is 2.22. The van der Waals surface area contributed by atoms with Gasteiger partial charge >= 0.3 is 0 Å². The van der Waals surface area contributed by atoms with E-state index in [4.69, 9.17) is 14.2 Å². The smallest absolute Gasteiger partial charge is 0.227 e. The molecule has 0 saturated carbocycles. The Morgan fingerprint density at radius 3 is 2.67 bits per heavy atom. The van der Waals surface area contributed by atoms with Crippen molar-refractivity contribution in [2.45, 2.75) is 12.8 Å². The number of carbonyl (C=O) groups is 1. The van der Waals surface area contributed by atoms with Gasteiger partial charge in [-0.2, -0.15) is 0 Å². The van der Waals surface area contributed by atoms with E-state index in [0.29, 0.717) is 32.6 Å². The highest BCUT2D eigenvalue weighted by molar-refractivity contribution is 5.95. The Morgan fingerprint density at radius 1 is 1.12 bits per heavy atom. The van der Waals surface area contributed by atoms with Gasteiger partial charge in [-0.05, 0) is 42.8 Å². The summed E-state index contributed by atoms with van der Waals surface area (Å²) in [6.45, 7) is 1.63. The highest BCUT2D eigenvalue weighted by atomic mass is 16.5. The molecule has 0 unspecified atom stereocenters. The molecule has 3 rings (SSSR count). The minimum absolute atomic E-state index is 0.101. The third-order valence-corrected chi connectivity index (χ3v) is 3.89. The fourth-order valence-electron chi connectivity index (χ4n) is 2.65. The average Bonchev–Trinajstić information content (AvgIpc) is 2.65. The van der Waals surface area contributed by atoms with Crippen LogP contribution in [0.4, 0.5) is 5.69 Å². The molecule has 1 heterocycles. The summed E-state index contributed by atoms with van der Waals surface area (Å²) in [6.07, 6.45) is 1.12. The monoisotopic (exact) mass is 327 g/mol. The number of methoxy groups -OCH3 is 1. The lowest BCUT2D eigenvalue weighted by Gasteiger charge is -2.29. The molecule has 5 nitrogen and oxygen atoms in total. The number of amides is 1. The summed E-state index contributed by atoms with van der Waals surface area (Å²) in [5.41, 5.74) is 0.852. The first-order chi connectivity index (χ1) is 11.8. The summed E-state index contributed by atoms with van der Waals surface area (Å²) < 4.78 is 16.3. The fourth-order valence-corrected chi connectivity index (χ4v) is 2.65. The van der Waals surface area contributed by atoms with Crippen LogP contribution in [0.15, 0.2) is 48.5 Å². The second-order valence-electron chi connectivity index (χ2n) is 5.49. The van der Waals surface area contributed by atoms with Crippen molar-refractivity contribution in [3.63, 3.8) is 0 Å². The minimum atomic E-state index is 0.101. The number of hydrogen-bond donors (Lipinski definition) is 0. The fraction of sp³-hybridized carbons (Fsp3) is 0.316. The predicted molar refractivity (Wildman–Crippen MR) is 92.0 cm³/mol. The van der Waals surface area contributed by atoms with Crippen LogP contribution in [-0.4, -0.2) is 32.8 Å². The van der Waals surface area contributed by atoms with Crippen LogP contribution in [0, 0.1) is 0 Å². The Hall–Kier alpha value is -2.69. The lowest BCUT2D eigenvalue weighted by molar-refractivity contribution is -0.119. The average molecular weight is 327 g/mol. The van der Waals surface area contributed by atoms with Crippen LogP contribution in [0.5, 0.6) is 17.2 Å². The molecule has 0 saturated heterocycles. The second kappa shape index (κ2) is 7.73. The highest BCUT2D eigenvalue weighted by Crippen LogP contribution is 2.31. The zero-order chi connectivity index (χ0) is 16.8. The van der Waals surface area contributed by atoms with E-state index in [-0.39, 0.29) is 5.91 Å². The molecule has 0 radical (unpaired) electrons. The first-order valence-electron chi connectivity index (χ1n) is 8.07. The molecule has 1 aliphatic heterocycles. The third-order valence-electron chi connectivity index (χ3n) is 3.89. The van der Waals surface area contributed by atoms with Gasteiger partial charge < -0.3 is 19.1 Å². The van der Waals surface area contributed by atoms with E-state index in [9.17, 15) is 4.79 Å². The van der Waals surface area contributed by atoms with Crippen molar-refractivity contribution in [1.82, 2.24) is 0 Å². The SMILES string of the molecule is COc1ccc(OCCCC(=O)N2CCOc3ccccc32)cc1. The van der Waals surface area contributed by atoms with Gasteiger partial charge in [-0.3, -0.25) is 4.79 Å². The van der Waals surface area contributed by atoms with E-state index in [1.165, 1.54) is 0 Å². The summed E-state index contributed by atoms with van der Waals surface area (Å²) >= 11 is 0. The largest absolute Gasteiger partial charge is 0.497 e. The van der Waals surface area contributed by atoms with Crippen molar-refractivity contribution in [3.05, 3.63) is 48.5 Å². The molecule has 0 N–H and O–H groups in total. The predicted octanol–water partition coefficient (Wildman–Crippen LogP) is 3.28. The molecular formula is C19H21NO4. The van der Waals surface area contributed by atoms with Gasteiger partial charge in [-0.15, -0.1) is 0 Å². The molecule has 0 bridgehead atoms. The molecule has 24 heavy (non-hydrogen) atoms. The van der Waals surface area contributed by atoms with Crippen LogP contribution in [0.3, 0.4) is 0 Å². The van der Waals surface area contributed by atoms with Gasteiger partial charge in [-0.1, -0.05) is 12.1 Å². The first-order valence-corrected chi connectivity index (χ1v) is 8.07. The Morgan fingerprint density at radius 2 is 1.88 bits per heavy atom. The first kappa shape index (κ1) is 16.2. The van der Waals surface area contributed by atoms with Crippen molar-refractivity contribution in [2.24, 2.45) is 0 Å². The maximum atomic E-state index is 12.5. The molecule has 5 heteroatoms. The molecule has 2 aromatic carbocycles. The van der Waals surface area contributed by atoms with E-state index < -0.39 is 0 Å². The molecule has 0 fully saturated rings. The van der Waals surface area contributed by atoms with Crippen molar-refractivity contribution in [3.8, 4) is 17.2 Å². The van der Waals surface area contributed by atoms with Crippen LogP contribution in [0.25, 0.3) is 0 Å². The van der Waals surface area contributed by atoms with Gasteiger partial charge in [0.15, 0.2) is 0 Å². The number of benzene rings is 2. The Bertz CT molecular complexity index is 684. The van der Waals surface area contributed by atoms with E-state index in [1.54, 1.807) is 12.0 Å². The van der Waals surface area contributed by atoms with Gasteiger partial charge in [0.25, 0.3) is 0 Å². The zero-order valence-electron chi connectivity index (χ0n) is 13.7. The summed E-state index contributed by atoms with van der Waals surface area (Å²) in [6, 6.07) is 15.1. The molecule has 0 aromatic heterocycles. The molecule has 0 atom stereocenters. The van der Waals surface area contributed by atoms with Crippen molar-refractivity contribution in [1.29, 1.82) is 0 Å². The standard InChI is InChI=1S/C19H21NO4/c1-22-15-8-10-16(11-9-15)23-13-4-7-19(21)20-12-14-24-18-6-3-2-5-17(18)20/h2-3,5-6,8-11H,4,7,12-14H2,1H3. The number of carbonyl (C=O) groups excluding carboxylic acids is 1. The van der Waals surface area contributed by atoms with E-state index in [2.05, 4.69) is 0 Å². The third kappa shape index (κ3) is 3.79. The van der Waals surface area contributed by atoms with Gasteiger partial charge in [0.1, 0.15) is 23.9 Å². The minimum Gasteiger partial charge on any atom is -0.497 e. The molecule has 0 aliphatic carbocycles. The van der Waals surface area contributed by atoms with Crippen molar-refractivity contribution >= 4 is 11.6 Å². The number of nitrogens with zero attached hydrogens (tertiary/aromatic N) is 1. The molecule has 1 aliphatic rings. The van der Waals surface area contributed by atoms with Crippen LogP contribution in [-0.2, 0) is 4.79 Å². The van der Waals surface area contributed by atoms with Crippen molar-refractivity contribution in [2.75, 3.05) is 31.8 Å². The number of anilines is 1. The van der Waals surface area contributed by atoms with Crippen LogP contribution >= 0.6 is 0 Å².